The van der Waals surface area contributed by atoms with Gasteiger partial charge < -0.3 is 24.6 Å². The van der Waals surface area contributed by atoms with Gasteiger partial charge in [0.25, 0.3) is 0 Å². The van der Waals surface area contributed by atoms with E-state index < -0.39 is 11.4 Å². The molecular weight excluding hydrogens is 489 g/mol. The highest BCUT2D eigenvalue weighted by Gasteiger charge is 2.32. The zero-order valence-electron chi connectivity index (χ0n) is 21.2. The average Bonchev–Trinajstić information content (AvgIpc) is 3.27. The molecule has 0 unspecified atom stereocenters. The van der Waals surface area contributed by atoms with Crippen molar-refractivity contribution in [1.82, 2.24) is 14.5 Å². The molecule has 38 heavy (non-hydrogen) atoms. The summed E-state index contributed by atoms with van der Waals surface area (Å²) in [4.78, 5) is 36.3. The largest absolute Gasteiger partial charge is 0.477 e. The third kappa shape index (κ3) is 3.71. The van der Waals surface area contributed by atoms with Crippen molar-refractivity contribution in [2.45, 2.75) is 19.4 Å². The van der Waals surface area contributed by atoms with Crippen molar-refractivity contribution in [2.75, 3.05) is 37.0 Å². The van der Waals surface area contributed by atoms with E-state index in [1.54, 1.807) is 38.6 Å². The third-order valence-electron chi connectivity index (χ3n) is 7.34. The van der Waals surface area contributed by atoms with Gasteiger partial charge in [-0.25, -0.2) is 14.2 Å². The lowest BCUT2D eigenvalue weighted by atomic mass is 9.97. The number of carboxylic acids is 1. The number of ether oxygens (including phenoxy) is 1. The number of nitrogens with one attached hydrogen (secondary N) is 1. The van der Waals surface area contributed by atoms with Crippen LogP contribution in [0.1, 0.15) is 28.5 Å². The molecule has 9 nitrogen and oxygen atoms in total. The highest BCUT2D eigenvalue weighted by molar-refractivity contribution is 5.98. The van der Waals surface area contributed by atoms with Crippen molar-refractivity contribution >= 4 is 28.4 Å². The SMILES string of the molecule is CNc1cc(F)cc2c1Cc1ncc(-c3cnc4c(c3)c(=O)c(C(=O)O)cn4C)c(N3CCO[C@H](C)C3)c1-2. The minimum absolute atomic E-state index is 0.0122. The first-order valence-electron chi connectivity index (χ1n) is 12.4. The van der Waals surface area contributed by atoms with E-state index in [4.69, 9.17) is 9.72 Å². The highest BCUT2D eigenvalue weighted by Crippen LogP contribution is 2.49. The summed E-state index contributed by atoms with van der Waals surface area (Å²) < 4.78 is 22.1. The molecule has 0 spiro atoms. The quantitative estimate of drug-likeness (QED) is 0.373. The van der Waals surface area contributed by atoms with Crippen LogP contribution >= 0.6 is 0 Å². The molecule has 0 amide bonds. The number of hydrogen-bond acceptors (Lipinski definition) is 7. The molecule has 2 N–H and O–H groups in total. The van der Waals surface area contributed by atoms with Crippen molar-refractivity contribution < 1.29 is 19.0 Å². The smallest absolute Gasteiger partial charge is 0.341 e. The number of benzene rings is 1. The summed E-state index contributed by atoms with van der Waals surface area (Å²) in [6.45, 7) is 3.80. The Bertz CT molecular complexity index is 1700. The van der Waals surface area contributed by atoms with Gasteiger partial charge in [-0.05, 0) is 36.2 Å². The first-order valence-corrected chi connectivity index (χ1v) is 12.4. The fourth-order valence-electron chi connectivity index (χ4n) is 5.62. The topological polar surface area (TPSA) is 110 Å². The second-order valence-electron chi connectivity index (χ2n) is 9.76. The molecule has 3 aromatic heterocycles. The number of aromatic carboxylic acids is 1. The van der Waals surface area contributed by atoms with E-state index in [2.05, 4.69) is 15.2 Å². The number of aryl methyl sites for hydroxylation is 1. The van der Waals surface area contributed by atoms with Crippen LogP contribution in [-0.4, -0.2) is 58.5 Å². The summed E-state index contributed by atoms with van der Waals surface area (Å²) in [5.74, 6) is -1.64. The van der Waals surface area contributed by atoms with Crippen molar-refractivity contribution in [3.8, 4) is 22.3 Å². The Kier molecular flexibility index (Phi) is 5.64. The van der Waals surface area contributed by atoms with E-state index in [0.717, 1.165) is 39.3 Å². The molecule has 0 bridgehead atoms. The van der Waals surface area contributed by atoms with Crippen LogP contribution in [0.15, 0.2) is 41.6 Å². The average molecular weight is 516 g/mol. The summed E-state index contributed by atoms with van der Waals surface area (Å²) in [6.07, 6.45) is 5.26. The van der Waals surface area contributed by atoms with Crippen molar-refractivity contribution in [1.29, 1.82) is 0 Å². The van der Waals surface area contributed by atoms with Crippen LogP contribution in [-0.2, 0) is 18.2 Å². The third-order valence-corrected chi connectivity index (χ3v) is 7.34. The molecule has 1 aliphatic carbocycles. The summed E-state index contributed by atoms with van der Waals surface area (Å²) in [5, 5.41) is 12.9. The number of anilines is 2. The fraction of sp³-hybridized carbons (Fsp3) is 0.286. The molecular formula is C28H26FN5O4. The Balaban J connectivity index is 1.64. The predicted molar refractivity (Wildman–Crippen MR) is 143 cm³/mol. The van der Waals surface area contributed by atoms with Gasteiger partial charge in [-0.15, -0.1) is 0 Å². The van der Waals surface area contributed by atoms with Gasteiger partial charge in [0.2, 0.25) is 5.43 Å². The number of rotatable bonds is 4. The zero-order valence-corrected chi connectivity index (χ0v) is 21.2. The van der Waals surface area contributed by atoms with E-state index >= 15 is 0 Å². The number of carbonyl (C=O) groups is 1. The Morgan fingerprint density at radius 1 is 1.21 bits per heavy atom. The molecule has 1 aromatic carbocycles. The molecule has 10 heteroatoms. The van der Waals surface area contributed by atoms with Gasteiger partial charge in [-0.2, -0.15) is 0 Å². The van der Waals surface area contributed by atoms with Gasteiger partial charge in [0.05, 0.1) is 29.5 Å². The second-order valence-corrected chi connectivity index (χ2v) is 9.76. The van der Waals surface area contributed by atoms with Crippen LogP contribution in [0, 0.1) is 5.82 Å². The lowest BCUT2D eigenvalue weighted by Gasteiger charge is -2.35. The molecule has 2 aliphatic rings. The van der Waals surface area contributed by atoms with Gasteiger partial charge in [0, 0.05) is 74.6 Å². The number of hydrogen-bond donors (Lipinski definition) is 2. The lowest BCUT2D eigenvalue weighted by molar-refractivity contribution is 0.0533. The number of halogens is 1. The molecule has 4 aromatic rings. The van der Waals surface area contributed by atoms with E-state index in [0.29, 0.717) is 37.3 Å². The van der Waals surface area contributed by atoms with E-state index in [-0.39, 0.29) is 22.9 Å². The Labute approximate surface area is 217 Å². The Hall–Kier alpha value is -4.31. The predicted octanol–water partition coefficient (Wildman–Crippen LogP) is 3.67. The molecule has 194 valence electrons. The maximum Gasteiger partial charge on any atom is 0.341 e. The summed E-state index contributed by atoms with van der Waals surface area (Å²) in [7, 11) is 3.43. The fourth-order valence-corrected chi connectivity index (χ4v) is 5.62. The summed E-state index contributed by atoms with van der Waals surface area (Å²) in [5.41, 5.74) is 5.88. The van der Waals surface area contributed by atoms with Crippen LogP contribution in [0.2, 0.25) is 0 Å². The maximum atomic E-state index is 14.7. The first kappa shape index (κ1) is 24.1. The van der Waals surface area contributed by atoms with Crippen molar-refractivity contribution in [3.05, 3.63) is 69.7 Å². The Morgan fingerprint density at radius 2 is 2.03 bits per heavy atom. The van der Waals surface area contributed by atoms with Crippen molar-refractivity contribution in [2.24, 2.45) is 7.05 Å². The molecule has 4 heterocycles. The van der Waals surface area contributed by atoms with Gasteiger partial charge in [0.15, 0.2) is 0 Å². The molecule has 1 aliphatic heterocycles. The normalized spacial score (nSPS) is 16.4. The zero-order chi connectivity index (χ0) is 26.7. The highest BCUT2D eigenvalue weighted by atomic mass is 19.1. The monoisotopic (exact) mass is 515 g/mol. The second kappa shape index (κ2) is 8.91. The standard InChI is InChI=1S/C28H26FN5O4/c1-14-12-34(4-5-38-14)25-20(11-31-23-9-17-18(24(23)25)7-16(29)8-22(17)30-2)15-6-19-26(35)21(28(36)37)13-33(3)27(19)32-10-15/h6-8,10-11,13-14,30H,4-5,9,12H2,1-3H3,(H,36,37)/t14-/m1/s1. The lowest BCUT2D eigenvalue weighted by Crippen LogP contribution is -2.41. The number of fused-ring (bicyclic) bond motifs is 4. The molecule has 1 saturated heterocycles. The van der Waals surface area contributed by atoms with Gasteiger partial charge in [0.1, 0.15) is 17.0 Å². The summed E-state index contributed by atoms with van der Waals surface area (Å²) in [6, 6.07) is 4.72. The molecule has 1 fully saturated rings. The van der Waals surface area contributed by atoms with Crippen LogP contribution in [0.25, 0.3) is 33.3 Å². The minimum Gasteiger partial charge on any atom is -0.477 e. The molecule has 0 radical (unpaired) electrons. The van der Waals surface area contributed by atoms with Crippen LogP contribution in [0.5, 0.6) is 0 Å². The number of aromatic nitrogens is 3. The molecule has 6 rings (SSSR count). The first-order chi connectivity index (χ1) is 18.3. The number of pyridine rings is 3. The van der Waals surface area contributed by atoms with Crippen LogP contribution in [0.4, 0.5) is 15.8 Å². The van der Waals surface area contributed by atoms with E-state index in [1.165, 1.54) is 16.8 Å². The van der Waals surface area contributed by atoms with E-state index in [1.807, 2.05) is 6.92 Å². The van der Waals surface area contributed by atoms with Crippen LogP contribution in [0.3, 0.4) is 0 Å². The van der Waals surface area contributed by atoms with Crippen LogP contribution < -0.4 is 15.6 Å². The number of carboxylic acid groups (broad SMARTS) is 1. The minimum atomic E-state index is -1.29. The molecule has 0 saturated carbocycles. The summed E-state index contributed by atoms with van der Waals surface area (Å²) >= 11 is 0. The van der Waals surface area contributed by atoms with Gasteiger partial charge in [-0.1, -0.05) is 0 Å². The Morgan fingerprint density at radius 3 is 2.76 bits per heavy atom. The molecule has 1 atom stereocenters. The van der Waals surface area contributed by atoms with E-state index in [9.17, 15) is 19.1 Å². The number of morpholine rings is 1. The van der Waals surface area contributed by atoms with Crippen molar-refractivity contribution in [3.63, 3.8) is 0 Å². The maximum absolute atomic E-state index is 14.7. The number of nitrogens with zero attached hydrogens (tertiary/aromatic N) is 4. The van der Waals surface area contributed by atoms with Gasteiger partial charge >= 0.3 is 5.97 Å². The van der Waals surface area contributed by atoms with Gasteiger partial charge in [-0.3, -0.25) is 9.78 Å².